The van der Waals surface area contributed by atoms with E-state index in [4.69, 9.17) is 5.26 Å². The van der Waals surface area contributed by atoms with Crippen molar-refractivity contribution in [3.05, 3.63) is 51.4 Å². The van der Waals surface area contributed by atoms with Gasteiger partial charge in [0.25, 0.3) is 5.56 Å². The number of nitriles is 1. The van der Waals surface area contributed by atoms with Crippen molar-refractivity contribution in [1.82, 2.24) is 14.6 Å². The smallest absolute Gasteiger partial charge is 0.435 e. The number of nitrogens with zero attached hydrogens (tertiary/aromatic N) is 3. The molecule has 1 fully saturated rings. The number of phenols is 1. The van der Waals surface area contributed by atoms with Crippen molar-refractivity contribution in [2.75, 3.05) is 0 Å². The number of fused-ring (bicyclic) bond motifs is 1. The molecule has 1 aromatic carbocycles. The molecule has 0 bridgehead atoms. The molecule has 1 aliphatic carbocycles. The molecule has 2 N–H and O–H groups in total. The highest BCUT2D eigenvalue weighted by Crippen LogP contribution is 2.42. The van der Waals surface area contributed by atoms with Crippen LogP contribution < -0.4 is 5.56 Å². The molecule has 3 aromatic rings. The fourth-order valence-electron chi connectivity index (χ4n) is 4.06. The maximum Gasteiger partial charge on any atom is 0.435 e. The lowest BCUT2D eigenvalue weighted by Gasteiger charge is -2.22. The third-order valence-electron chi connectivity index (χ3n) is 5.34. The van der Waals surface area contributed by atoms with Gasteiger partial charge in [0.2, 0.25) is 0 Å². The van der Waals surface area contributed by atoms with Gasteiger partial charge in [0.1, 0.15) is 11.4 Å². The summed E-state index contributed by atoms with van der Waals surface area (Å²) in [4.78, 5) is 14.8. The predicted molar refractivity (Wildman–Crippen MR) is 98.5 cm³/mol. The van der Waals surface area contributed by atoms with Crippen molar-refractivity contribution < 1.29 is 18.3 Å². The zero-order chi connectivity index (χ0) is 20.8. The van der Waals surface area contributed by atoms with Crippen LogP contribution in [0.3, 0.4) is 0 Å². The van der Waals surface area contributed by atoms with E-state index in [0.717, 1.165) is 29.8 Å². The van der Waals surface area contributed by atoms with E-state index in [1.54, 1.807) is 0 Å². The largest absolute Gasteiger partial charge is 0.507 e. The molecule has 0 aliphatic heterocycles. The molecule has 2 aromatic heterocycles. The normalized spacial score (nSPS) is 15.5. The van der Waals surface area contributed by atoms with Crippen LogP contribution in [0.25, 0.3) is 16.9 Å². The highest BCUT2D eigenvalue weighted by molar-refractivity contribution is 5.71. The first-order valence-electron chi connectivity index (χ1n) is 9.26. The summed E-state index contributed by atoms with van der Waals surface area (Å²) >= 11 is 0. The summed E-state index contributed by atoms with van der Waals surface area (Å²) in [6, 6.07) is 6.96. The lowest BCUT2D eigenvalue weighted by Crippen LogP contribution is -2.14. The Hall–Kier alpha value is -3.28. The van der Waals surface area contributed by atoms with Crippen LogP contribution in [0.4, 0.5) is 13.2 Å². The van der Waals surface area contributed by atoms with Gasteiger partial charge in [-0.1, -0.05) is 19.3 Å². The summed E-state index contributed by atoms with van der Waals surface area (Å²) in [7, 11) is 0. The molecule has 4 rings (SSSR count). The summed E-state index contributed by atoms with van der Waals surface area (Å²) in [6.07, 6.45) is -0.880. The fourth-order valence-corrected chi connectivity index (χ4v) is 4.06. The lowest BCUT2D eigenvalue weighted by molar-refractivity contribution is -0.142. The van der Waals surface area contributed by atoms with Crippen molar-refractivity contribution in [3.63, 3.8) is 0 Å². The zero-order valence-electron chi connectivity index (χ0n) is 15.3. The second kappa shape index (κ2) is 6.95. The number of benzene rings is 1. The van der Waals surface area contributed by atoms with E-state index >= 15 is 0 Å². The molecule has 2 heterocycles. The van der Waals surface area contributed by atoms with Gasteiger partial charge in [-0.15, -0.1) is 0 Å². The molecule has 0 saturated heterocycles. The molecule has 150 valence electrons. The maximum absolute atomic E-state index is 13.8. The van der Waals surface area contributed by atoms with Crippen LogP contribution in [0.5, 0.6) is 5.75 Å². The van der Waals surface area contributed by atoms with Crippen molar-refractivity contribution in [2.24, 2.45) is 0 Å². The van der Waals surface area contributed by atoms with Gasteiger partial charge in [-0.3, -0.25) is 4.79 Å². The molecule has 9 heteroatoms. The molecule has 0 spiro atoms. The van der Waals surface area contributed by atoms with E-state index < -0.39 is 17.4 Å². The van der Waals surface area contributed by atoms with Crippen molar-refractivity contribution >= 4 is 5.65 Å². The number of aromatic hydroxyl groups is 1. The van der Waals surface area contributed by atoms with Gasteiger partial charge in [-0.25, -0.2) is 4.52 Å². The summed E-state index contributed by atoms with van der Waals surface area (Å²) in [6.45, 7) is 0. The number of hydrogen-bond donors (Lipinski definition) is 2. The number of rotatable bonds is 2. The van der Waals surface area contributed by atoms with Gasteiger partial charge >= 0.3 is 6.18 Å². The van der Waals surface area contributed by atoms with Crippen LogP contribution in [0.1, 0.15) is 54.8 Å². The minimum Gasteiger partial charge on any atom is -0.507 e. The van der Waals surface area contributed by atoms with Crippen molar-refractivity contribution in [2.45, 2.75) is 44.2 Å². The van der Waals surface area contributed by atoms with Crippen LogP contribution in [-0.2, 0) is 6.18 Å². The number of phenolic OH excluding ortho intramolecular Hbond substituents is 1. The standard InChI is InChI=1S/C20H17F3N4O2/c21-20(22,23)18-17(12-4-2-1-3-5-12)19-25-16(29)9-14(27(19)26-18)13-7-6-11(10-24)8-15(13)28/h6-9,12,28H,1-5H2,(H,25,29). The second-order valence-electron chi connectivity index (χ2n) is 7.22. The Morgan fingerprint density at radius 3 is 2.55 bits per heavy atom. The van der Waals surface area contributed by atoms with E-state index in [9.17, 15) is 23.1 Å². The van der Waals surface area contributed by atoms with Gasteiger partial charge in [0, 0.05) is 17.2 Å². The number of halogens is 3. The van der Waals surface area contributed by atoms with E-state index in [-0.39, 0.29) is 39.7 Å². The minimum atomic E-state index is -4.68. The summed E-state index contributed by atoms with van der Waals surface area (Å²) < 4.78 is 42.4. The Kier molecular flexibility index (Phi) is 4.57. The molecule has 29 heavy (non-hydrogen) atoms. The van der Waals surface area contributed by atoms with Gasteiger partial charge in [0.05, 0.1) is 17.3 Å². The monoisotopic (exact) mass is 402 g/mol. The Bertz CT molecular complexity index is 1180. The Balaban J connectivity index is 2.02. The molecular weight excluding hydrogens is 385 g/mol. The quantitative estimate of drug-likeness (QED) is 0.667. The SMILES string of the molecule is N#Cc1ccc(-c2cc(=O)[nH]c3c(C4CCCCC4)c(C(F)(F)F)nn23)c(O)c1. The van der Waals surface area contributed by atoms with Crippen LogP contribution in [0.2, 0.25) is 0 Å². The first-order chi connectivity index (χ1) is 13.8. The lowest BCUT2D eigenvalue weighted by atomic mass is 9.84. The minimum absolute atomic E-state index is 0.00397. The highest BCUT2D eigenvalue weighted by atomic mass is 19.4. The van der Waals surface area contributed by atoms with Gasteiger partial charge < -0.3 is 10.1 Å². The van der Waals surface area contributed by atoms with Crippen LogP contribution in [0, 0.1) is 11.3 Å². The summed E-state index contributed by atoms with van der Waals surface area (Å²) in [5.74, 6) is -0.669. The van der Waals surface area contributed by atoms with E-state index in [1.165, 1.54) is 18.2 Å². The summed E-state index contributed by atoms with van der Waals surface area (Å²) in [5, 5.41) is 23.0. The van der Waals surface area contributed by atoms with Crippen molar-refractivity contribution in [1.29, 1.82) is 5.26 Å². The number of alkyl halides is 3. The predicted octanol–water partition coefficient (Wildman–Crippen LogP) is 4.33. The second-order valence-corrected chi connectivity index (χ2v) is 7.22. The van der Waals surface area contributed by atoms with Gasteiger partial charge in [-0.2, -0.15) is 23.5 Å². The Labute approximate surface area is 163 Å². The average Bonchev–Trinajstić information content (AvgIpc) is 3.08. The summed E-state index contributed by atoms with van der Waals surface area (Å²) in [5.41, 5.74) is -1.28. The number of aromatic nitrogens is 3. The third-order valence-corrected chi connectivity index (χ3v) is 5.34. The number of nitrogens with one attached hydrogen (secondary N) is 1. The van der Waals surface area contributed by atoms with Gasteiger partial charge in [-0.05, 0) is 37.0 Å². The molecule has 0 radical (unpaired) electrons. The molecule has 0 unspecified atom stereocenters. The highest BCUT2D eigenvalue weighted by Gasteiger charge is 2.41. The molecule has 0 amide bonds. The van der Waals surface area contributed by atoms with E-state index in [0.29, 0.717) is 12.8 Å². The van der Waals surface area contributed by atoms with Crippen LogP contribution in [0.15, 0.2) is 29.1 Å². The first-order valence-corrected chi connectivity index (χ1v) is 9.26. The maximum atomic E-state index is 13.8. The first kappa shape index (κ1) is 19.1. The van der Waals surface area contributed by atoms with Crippen LogP contribution in [-0.4, -0.2) is 19.7 Å². The Morgan fingerprint density at radius 1 is 1.21 bits per heavy atom. The van der Waals surface area contributed by atoms with E-state index in [2.05, 4.69) is 10.1 Å². The zero-order valence-corrected chi connectivity index (χ0v) is 15.3. The molecule has 1 aliphatic rings. The fraction of sp³-hybridized carbons (Fsp3) is 0.350. The van der Waals surface area contributed by atoms with Crippen LogP contribution >= 0.6 is 0 Å². The number of H-pyrrole nitrogens is 1. The van der Waals surface area contributed by atoms with Crippen molar-refractivity contribution in [3.8, 4) is 23.1 Å². The van der Waals surface area contributed by atoms with Gasteiger partial charge in [0.15, 0.2) is 5.69 Å². The topological polar surface area (TPSA) is 94.2 Å². The average molecular weight is 402 g/mol. The number of aromatic amines is 1. The van der Waals surface area contributed by atoms with E-state index in [1.807, 2.05) is 6.07 Å². The molecule has 1 saturated carbocycles. The number of hydrogen-bond acceptors (Lipinski definition) is 4. The molecular formula is C20H17F3N4O2. The third kappa shape index (κ3) is 3.35. The molecule has 6 nitrogen and oxygen atoms in total. The Morgan fingerprint density at radius 2 is 1.93 bits per heavy atom. The molecule has 0 atom stereocenters.